The van der Waals surface area contributed by atoms with Gasteiger partial charge < -0.3 is 4.74 Å². The summed E-state index contributed by atoms with van der Waals surface area (Å²) in [6.45, 7) is 8.48. The van der Waals surface area contributed by atoms with Crippen molar-refractivity contribution in [3.05, 3.63) is 0 Å². The highest BCUT2D eigenvalue weighted by Gasteiger charge is 2.12. The zero-order valence-corrected chi connectivity index (χ0v) is 9.19. The Bertz CT molecular complexity index is 75.5. The summed E-state index contributed by atoms with van der Waals surface area (Å²) in [7, 11) is 1.15. The second kappa shape index (κ2) is 3.37. The summed E-state index contributed by atoms with van der Waals surface area (Å²) in [5.41, 5.74) is 0.590. The van der Waals surface area contributed by atoms with Crippen LogP contribution in [0.2, 0.25) is 0 Å². The van der Waals surface area contributed by atoms with E-state index < -0.39 is 0 Å². The number of hydrogen-bond donors (Lipinski definition) is 0. The maximum Gasteiger partial charge on any atom is 0.0597 e. The molecule has 1 unspecified atom stereocenters. The molecular formula is C7H18OSi. The monoisotopic (exact) mass is 146 g/mol. The third-order valence-electron chi connectivity index (χ3n) is 1.13. The van der Waals surface area contributed by atoms with E-state index in [4.69, 9.17) is 4.74 Å². The van der Waals surface area contributed by atoms with Crippen molar-refractivity contribution in [1.29, 1.82) is 0 Å². The first-order valence-corrected chi connectivity index (χ1v) is 4.79. The molecule has 2 heteroatoms. The third kappa shape index (κ3) is 6.06. The van der Waals surface area contributed by atoms with Crippen molar-refractivity contribution in [2.75, 3.05) is 0 Å². The van der Waals surface area contributed by atoms with Crippen molar-refractivity contribution in [3.8, 4) is 0 Å². The van der Waals surface area contributed by atoms with Crippen molar-refractivity contribution in [2.45, 2.75) is 45.4 Å². The van der Waals surface area contributed by atoms with Crippen molar-refractivity contribution in [2.24, 2.45) is 0 Å². The fourth-order valence-electron chi connectivity index (χ4n) is 0.687. The summed E-state index contributed by atoms with van der Waals surface area (Å²) >= 11 is 0. The molecular weight excluding hydrogens is 128 g/mol. The van der Waals surface area contributed by atoms with Gasteiger partial charge in [-0.05, 0) is 27.2 Å². The van der Waals surface area contributed by atoms with Gasteiger partial charge in [0.15, 0.2) is 0 Å². The lowest BCUT2D eigenvalue weighted by Crippen LogP contribution is -2.26. The summed E-state index contributed by atoms with van der Waals surface area (Å²) in [6, 6.07) is 0. The van der Waals surface area contributed by atoms with Crippen LogP contribution >= 0.6 is 0 Å². The Balaban J connectivity index is 3.47. The molecule has 0 radical (unpaired) electrons. The van der Waals surface area contributed by atoms with Gasteiger partial charge >= 0.3 is 0 Å². The maximum atomic E-state index is 5.65. The maximum absolute atomic E-state index is 5.65. The Morgan fingerprint density at radius 3 is 2.00 bits per heavy atom. The van der Waals surface area contributed by atoms with Crippen LogP contribution in [0.1, 0.15) is 34.1 Å². The Kier molecular flexibility index (Phi) is 3.44. The summed E-state index contributed by atoms with van der Waals surface area (Å²) in [4.78, 5) is 0. The second-order valence-electron chi connectivity index (χ2n) is 3.45. The van der Waals surface area contributed by atoms with E-state index in [-0.39, 0.29) is 5.60 Å². The largest absolute Gasteiger partial charge is 0.377 e. The summed E-state index contributed by atoms with van der Waals surface area (Å²) in [5.74, 6) is 0. The third-order valence-corrected chi connectivity index (χ3v) is 2.18. The molecule has 0 saturated heterocycles. The van der Waals surface area contributed by atoms with Crippen LogP contribution in [0.4, 0.5) is 0 Å². The predicted molar refractivity (Wildman–Crippen MR) is 44.9 cm³/mol. The molecule has 0 fully saturated rings. The van der Waals surface area contributed by atoms with Gasteiger partial charge in [-0.15, -0.1) is 0 Å². The van der Waals surface area contributed by atoms with Crippen molar-refractivity contribution >= 4 is 10.2 Å². The molecule has 56 valence electrons. The molecule has 0 amide bonds. The Morgan fingerprint density at radius 1 is 1.44 bits per heavy atom. The molecule has 0 aromatic carbocycles. The van der Waals surface area contributed by atoms with Crippen molar-refractivity contribution in [1.82, 2.24) is 0 Å². The van der Waals surface area contributed by atoms with Crippen LogP contribution in [0.3, 0.4) is 0 Å². The Morgan fingerprint density at radius 2 is 1.89 bits per heavy atom. The highest BCUT2D eigenvalue weighted by Crippen LogP contribution is 2.10. The van der Waals surface area contributed by atoms with Gasteiger partial charge in [0.25, 0.3) is 0 Å². The fraction of sp³-hybridized carbons (Fsp3) is 1.00. The Labute approximate surface area is 61.2 Å². The van der Waals surface area contributed by atoms with Crippen molar-refractivity contribution < 1.29 is 4.74 Å². The van der Waals surface area contributed by atoms with Gasteiger partial charge in [0.05, 0.1) is 5.60 Å². The molecule has 0 aliphatic rings. The topological polar surface area (TPSA) is 9.23 Å². The molecule has 0 bridgehead atoms. The first-order chi connectivity index (χ1) is 3.95. The van der Waals surface area contributed by atoms with Crippen LogP contribution in [-0.4, -0.2) is 21.6 Å². The van der Waals surface area contributed by atoms with E-state index in [0.29, 0.717) is 5.73 Å². The molecule has 1 atom stereocenters. The average molecular weight is 146 g/mol. The number of ether oxygens (including phenoxy) is 1. The molecule has 0 aromatic rings. The van der Waals surface area contributed by atoms with Crippen LogP contribution in [0.25, 0.3) is 0 Å². The quantitative estimate of drug-likeness (QED) is 0.526. The van der Waals surface area contributed by atoms with E-state index in [1.165, 1.54) is 0 Å². The standard InChI is InChI=1S/C7H18OSi/c1-5-6(9)8-7(2,3)4/h6H,5H2,1-4,9H3. The van der Waals surface area contributed by atoms with Gasteiger partial charge in [-0.2, -0.15) is 0 Å². The minimum Gasteiger partial charge on any atom is -0.377 e. The second-order valence-corrected chi connectivity index (χ2v) is 4.74. The smallest absolute Gasteiger partial charge is 0.0597 e. The van der Waals surface area contributed by atoms with Gasteiger partial charge in [-0.1, -0.05) is 6.92 Å². The lowest BCUT2D eigenvalue weighted by molar-refractivity contribution is -0.0239. The molecule has 0 rings (SSSR count). The average Bonchev–Trinajstić information content (AvgIpc) is 1.62. The highest BCUT2D eigenvalue weighted by molar-refractivity contribution is 6.10. The molecule has 0 N–H and O–H groups in total. The highest BCUT2D eigenvalue weighted by atomic mass is 28.1. The van der Waals surface area contributed by atoms with Crippen LogP contribution in [0.5, 0.6) is 0 Å². The molecule has 9 heavy (non-hydrogen) atoms. The van der Waals surface area contributed by atoms with E-state index in [2.05, 4.69) is 27.7 Å². The first-order valence-electron chi connectivity index (χ1n) is 3.63. The summed E-state index contributed by atoms with van der Waals surface area (Å²) in [6.07, 6.45) is 1.16. The van der Waals surface area contributed by atoms with Gasteiger partial charge in [0, 0.05) is 16.0 Å². The minimum atomic E-state index is 0.0580. The number of hydrogen-bond acceptors (Lipinski definition) is 1. The minimum absolute atomic E-state index is 0.0580. The summed E-state index contributed by atoms with van der Waals surface area (Å²) in [5, 5.41) is 0. The molecule has 0 saturated carbocycles. The molecule has 0 aromatic heterocycles. The fourth-order valence-corrected chi connectivity index (χ4v) is 1.39. The van der Waals surface area contributed by atoms with E-state index in [9.17, 15) is 0 Å². The van der Waals surface area contributed by atoms with Gasteiger partial charge in [0.2, 0.25) is 0 Å². The number of rotatable bonds is 2. The normalized spacial score (nSPS) is 16.0. The molecule has 0 heterocycles. The van der Waals surface area contributed by atoms with Gasteiger partial charge in [-0.3, -0.25) is 0 Å². The SMILES string of the molecule is CCC([SiH3])OC(C)(C)C. The molecule has 0 spiro atoms. The van der Waals surface area contributed by atoms with Gasteiger partial charge in [0.1, 0.15) is 0 Å². The van der Waals surface area contributed by atoms with Crippen LogP contribution < -0.4 is 0 Å². The molecule has 1 nitrogen and oxygen atoms in total. The van der Waals surface area contributed by atoms with Crippen molar-refractivity contribution in [3.63, 3.8) is 0 Å². The summed E-state index contributed by atoms with van der Waals surface area (Å²) < 4.78 is 5.65. The predicted octanol–water partition coefficient (Wildman–Crippen LogP) is 0.903. The lowest BCUT2D eigenvalue weighted by atomic mass is 10.2. The Hall–Kier alpha value is 0.177. The van der Waals surface area contributed by atoms with Gasteiger partial charge in [-0.25, -0.2) is 0 Å². The zero-order chi connectivity index (χ0) is 7.49. The van der Waals surface area contributed by atoms with E-state index in [1.807, 2.05) is 0 Å². The first kappa shape index (κ1) is 9.18. The lowest BCUT2D eigenvalue weighted by Gasteiger charge is -2.24. The molecule has 0 aliphatic heterocycles. The van der Waals surface area contributed by atoms with Crippen LogP contribution in [0.15, 0.2) is 0 Å². The van der Waals surface area contributed by atoms with Crippen LogP contribution in [0, 0.1) is 0 Å². The van der Waals surface area contributed by atoms with E-state index >= 15 is 0 Å². The van der Waals surface area contributed by atoms with E-state index in [1.54, 1.807) is 0 Å². The zero-order valence-electron chi connectivity index (χ0n) is 7.19. The van der Waals surface area contributed by atoms with Crippen LogP contribution in [-0.2, 0) is 4.74 Å². The molecule has 0 aliphatic carbocycles. The van der Waals surface area contributed by atoms with E-state index in [0.717, 1.165) is 16.7 Å².